The lowest BCUT2D eigenvalue weighted by atomic mass is 10.1. The summed E-state index contributed by atoms with van der Waals surface area (Å²) in [4.78, 5) is 40.0. The monoisotopic (exact) mass is 402 g/mol. The van der Waals surface area contributed by atoms with Gasteiger partial charge in [-0.2, -0.15) is 0 Å². The molecule has 0 radical (unpaired) electrons. The summed E-state index contributed by atoms with van der Waals surface area (Å²) >= 11 is 0. The Morgan fingerprint density at radius 2 is 1.33 bits per heavy atom. The summed E-state index contributed by atoms with van der Waals surface area (Å²) in [7, 11) is 0. The van der Waals surface area contributed by atoms with Crippen molar-refractivity contribution in [2.45, 2.75) is 12.6 Å². The third-order valence-electron chi connectivity index (χ3n) is 4.71. The van der Waals surface area contributed by atoms with E-state index in [-0.39, 0.29) is 18.0 Å². The van der Waals surface area contributed by atoms with Crippen LogP contribution in [0.3, 0.4) is 0 Å². The number of carbonyl (C=O) groups excluding carboxylic acids is 3. The van der Waals surface area contributed by atoms with Gasteiger partial charge in [0.1, 0.15) is 11.5 Å². The van der Waals surface area contributed by atoms with Crippen LogP contribution in [0.15, 0.2) is 78.9 Å². The molecule has 1 heterocycles. The van der Waals surface area contributed by atoms with E-state index in [9.17, 15) is 14.4 Å². The summed E-state index contributed by atoms with van der Waals surface area (Å²) in [5.41, 5.74) is 7.31. The van der Waals surface area contributed by atoms with Gasteiger partial charge in [0.2, 0.25) is 6.04 Å². The summed E-state index contributed by atoms with van der Waals surface area (Å²) in [6.07, 6.45) is 0. The molecule has 0 unspecified atom stereocenters. The maximum atomic E-state index is 13.0. The molecule has 0 aromatic heterocycles. The standard InChI is InChI=1S/C23H18N2O5/c24-19-13-7-12-17-18(19)14-25(21(17)26)20(22(27)29-15-8-3-1-4-9-15)23(28)30-16-10-5-2-6-11-16/h1-13,20H,14,24H2. The van der Waals surface area contributed by atoms with Gasteiger partial charge in [-0.25, -0.2) is 9.59 Å². The number of carbonyl (C=O) groups is 3. The van der Waals surface area contributed by atoms with Crippen molar-refractivity contribution >= 4 is 23.5 Å². The van der Waals surface area contributed by atoms with E-state index in [4.69, 9.17) is 15.2 Å². The molecule has 1 aliphatic heterocycles. The molecule has 7 nitrogen and oxygen atoms in total. The number of rotatable bonds is 5. The van der Waals surface area contributed by atoms with E-state index in [1.165, 1.54) is 0 Å². The van der Waals surface area contributed by atoms with Gasteiger partial charge in [0.05, 0.1) is 6.54 Å². The lowest BCUT2D eigenvalue weighted by molar-refractivity contribution is -0.152. The van der Waals surface area contributed by atoms with Gasteiger partial charge in [-0.1, -0.05) is 42.5 Å². The number of nitrogens with zero attached hydrogens (tertiary/aromatic N) is 1. The molecular formula is C23H18N2O5. The fourth-order valence-corrected chi connectivity index (χ4v) is 3.26. The molecule has 0 saturated heterocycles. The van der Waals surface area contributed by atoms with Gasteiger partial charge in [0.25, 0.3) is 5.91 Å². The Kier molecular flexibility index (Phi) is 5.17. The number of fused-ring (bicyclic) bond motifs is 1. The quantitative estimate of drug-likeness (QED) is 0.305. The molecule has 3 aromatic carbocycles. The maximum absolute atomic E-state index is 13.0. The number of nitrogens with two attached hydrogens (primary N) is 1. The zero-order valence-electron chi connectivity index (χ0n) is 15.9. The van der Waals surface area contributed by atoms with E-state index in [2.05, 4.69) is 0 Å². The van der Waals surface area contributed by atoms with Crippen molar-refractivity contribution in [3.63, 3.8) is 0 Å². The molecule has 1 aliphatic rings. The largest absolute Gasteiger partial charge is 0.425 e. The predicted molar refractivity (Wildman–Crippen MR) is 109 cm³/mol. The number of hydrogen-bond donors (Lipinski definition) is 1. The molecule has 30 heavy (non-hydrogen) atoms. The van der Waals surface area contributed by atoms with E-state index in [0.29, 0.717) is 16.8 Å². The summed E-state index contributed by atoms with van der Waals surface area (Å²) < 4.78 is 10.7. The van der Waals surface area contributed by atoms with Gasteiger partial charge in [0, 0.05) is 16.8 Å². The van der Waals surface area contributed by atoms with Crippen molar-refractivity contribution in [1.29, 1.82) is 0 Å². The number of anilines is 1. The van der Waals surface area contributed by atoms with E-state index in [0.717, 1.165) is 4.90 Å². The fourth-order valence-electron chi connectivity index (χ4n) is 3.26. The minimum absolute atomic E-state index is 0.000708. The van der Waals surface area contributed by atoms with E-state index in [1.54, 1.807) is 78.9 Å². The van der Waals surface area contributed by atoms with Crippen molar-refractivity contribution < 1.29 is 23.9 Å². The Balaban J connectivity index is 1.65. The van der Waals surface area contributed by atoms with Crippen LogP contribution >= 0.6 is 0 Å². The third kappa shape index (κ3) is 3.73. The predicted octanol–water partition coefficient (Wildman–Crippen LogP) is 2.80. The summed E-state index contributed by atoms with van der Waals surface area (Å²) in [5, 5.41) is 0. The minimum Gasteiger partial charge on any atom is -0.425 e. The fraction of sp³-hybridized carbons (Fsp3) is 0.0870. The number of esters is 2. The number of para-hydroxylation sites is 2. The van der Waals surface area contributed by atoms with Crippen LogP contribution in [0.1, 0.15) is 15.9 Å². The second-order valence-corrected chi connectivity index (χ2v) is 6.68. The molecule has 0 saturated carbocycles. The molecule has 0 spiro atoms. The van der Waals surface area contributed by atoms with E-state index < -0.39 is 23.9 Å². The van der Waals surface area contributed by atoms with Gasteiger partial charge in [0.15, 0.2) is 0 Å². The van der Waals surface area contributed by atoms with Crippen LogP contribution in [0, 0.1) is 0 Å². The molecule has 2 N–H and O–H groups in total. The molecule has 0 aliphatic carbocycles. The highest BCUT2D eigenvalue weighted by atomic mass is 16.6. The molecular weight excluding hydrogens is 384 g/mol. The second-order valence-electron chi connectivity index (χ2n) is 6.68. The minimum atomic E-state index is -1.59. The topological polar surface area (TPSA) is 98.9 Å². The van der Waals surface area contributed by atoms with Crippen molar-refractivity contribution in [2.24, 2.45) is 0 Å². The molecule has 0 atom stereocenters. The molecule has 7 heteroatoms. The first-order valence-electron chi connectivity index (χ1n) is 9.26. The number of nitrogen functional groups attached to an aromatic ring is 1. The lowest BCUT2D eigenvalue weighted by Crippen LogP contribution is -2.50. The van der Waals surface area contributed by atoms with Gasteiger partial charge >= 0.3 is 11.9 Å². The number of hydrogen-bond acceptors (Lipinski definition) is 6. The highest BCUT2D eigenvalue weighted by Crippen LogP contribution is 2.30. The van der Waals surface area contributed by atoms with Crippen molar-refractivity contribution in [2.75, 3.05) is 5.73 Å². The second kappa shape index (κ2) is 8.08. The molecule has 0 fully saturated rings. The average Bonchev–Trinajstić information content (AvgIpc) is 3.07. The number of ether oxygens (including phenoxy) is 2. The van der Waals surface area contributed by atoms with Gasteiger partial charge in [-0.05, 0) is 36.4 Å². The summed E-state index contributed by atoms with van der Waals surface area (Å²) in [6, 6.07) is 19.9. The SMILES string of the molecule is Nc1cccc2c1CN(C(C(=O)Oc1ccccc1)C(=O)Oc1ccccc1)C2=O. The first-order valence-corrected chi connectivity index (χ1v) is 9.26. The molecule has 3 aromatic rings. The number of benzene rings is 3. The number of amides is 1. The van der Waals surface area contributed by atoms with E-state index in [1.807, 2.05) is 0 Å². The van der Waals surface area contributed by atoms with Gasteiger partial charge in [-0.15, -0.1) is 0 Å². The summed E-state index contributed by atoms with van der Waals surface area (Å²) in [5.74, 6) is -1.81. The Morgan fingerprint density at radius 1 is 0.800 bits per heavy atom. The lowest BCUT2D eigenvalue weighted by Gasteiger charge is -2.24. The molecule has 150 valence electrons. The highest BCUT2D eigenvalue weighted by Gasteiger charge is 2.44. The Labute approximate surface area is 172 Å². The van der Waals surface area contributed by atoms with Crippen LogP contribution in [0.2, 0.25) is 0 Å². The molecule has 0 bridgehead atoms. The smallest absolute Gasteiger partial charge is 0.346 e. The van der Waals surface area contributed by atoms with Crippen LogP contribution in [0.5, 0.6) is 11.5 Å². The van der Waals surface area contributed by atoms with Crippen LogP contribution in [0.25, 0.3) is 0 Å². The van der Waals surface area contributed by atoms with Gasteiger partial charge < -0.3 is 20.1 Å². The first kappa shape index (κ1) is 19.2. The Bertz CT molecular complexity index is 1050. The zero-order valence-corrected chi connectivity index (χ0v) is 15.9. The maximum Gasteiger partial charge on any atom is 0.346 e. The first-order chi connectivity index (χ1) is 14.5. The highest BCUT2D eigenvalue weighted by molar-refractivity contribution is 6.09. The van der Waals surface area contributed by atoms with Crippen molar-refractivity contribution in [1.82, 2.24) is 4.90 Å². The third-order valence-corrected chi connectivity index (χ3v) is 4.71. The van der Waals surface area contributed by atoms with Crippen LogP contribution in [-0.2, 0) is 16.1 Å². The van der Waals surface area contributed by atoms with Crippen molar-refractivity contribution in [3.8, 4) is 11.5 Å². The van der Waals surface area contributed by atoms with Crippen molar-refractivity contribution in [3.05, 3.63) is 90.0 Å². The summed E-state index contributed by atoms with van der Waals surface area (Å²) in [6.45, 7) is -0.000708. The van der Waals surface area contributed by atoms with Gasteiger partial charge in [-0.3, -0.25) is 4.79 Å². The normalized spacial score (nSPS) is 12.6. The average molecular weight is 402 g/mol. The van der Waals surface area contributed by atoms with Crippen LogP contribution in [-0.4, -0.2) is 28.8 Å². The molecule has 1 amide bonds. The van der Waals surface area contributed by atoms with Crippen LogP contribution in [0.4, 0.5) is 5.69 Å². The van der Waals surface area contributed by atoms with E-state index >= 15 is 0 Å². The Hall–Kier alpha value is -4.13. The Morgan fingerprint density at radius 3 is 1.83 bits per heavy atom. The molecule has 4 rings (SSSR count). The zero-order chi connectivity index (χ0) is 21.1. The van der Waals surface area contributed by atoms with Crippen LogP contribution < -0.4 is 15.2 Å².